The van der Waals surface area contributed by atoms with Crippen LogP contribution < -0.4 is 5.32 Å². The Labute approximate surface area is 111 Å². The molecule has 0 saturated carbocycles. The molecule has 19 heavy (non-hydrogen) atoms. The van der Waals surface area contributed by atoms with Gasteiger partial charge < -0.3 is 15.2 Å². The number of ether oxygens (including phenoxy) is 1. The summed E-state index contributed by atoms with van der Waals surface area (Å²) < 4.78 is 4.92. The van der Waals surface area contributed by atoms with E-state index in [-0.39, 0.29) is 6.61 Å². The van der Waals surface area contributed by atoms with Crippen molar-refractivity contribution in [3.8, 4) is 0 Å². The van der Waals surface area contributed by atoms with Crippen molar-refractivity contribution < 1.29 is 14.6 Å². The number of carbonyl (C=O) groups is 1. The Balaban J connectivity index is 2.41. The van der Waals surface area contributed by atoms with Gasteiger partial charge in [0.1, 0.15) is 6.04 Å². The quantitative estimate of drug-likeness (QED) is 0.861. The minimum Gasteiger partial charge on any atom is -0.480 e. The number of benzene rings is 1. The lowest BCUT2D eigenvalue weighted by molar-refractivity contribution is -0.139. The number of fused-ring (bicyclic) bond motifs is 1. The predicted molar refractivity (Wildman–Crippen MR) is 73.4 cm³/mol. The lowest BCUT2D eigenvalue weighted by Gasteiger charge is -2.16. The van der Waals surface area contributed by atoms with Crippen LogP contribution in [0.4, 0.5) is 5.69 Å². The fourth-order valence-electron chi connectivity index (χ4n) is 1.96. The van der Waals surface area contributed by atoms with Crippen LogP contribution in [0, 0.1) is 6.92 Å². The minimum atomic E-state index is -0.944. The molecule has 0 aliphatic heterocycles. The topological polar surface area (TPSA) is 71.5 Å². The molecule has 2 aromatic rings. The third-order valence-corrected chi connectivity index (χ3v) is 2.81. The molecule has 0 fully saturated rings. The summed E-state index contributed by atoms with van der Waals surface area (Å²) in [5.41, 5.74) is 2.43. The van der Waals surface area contributed by atoms with Crippen molar-refractivity contribution in [3.63, 3.8) is 0 Å². The molecule has 0 amide bonds. The Hall–Kier alpha value is -2.14. The van der Waals surface area contributed by atoms with E-state index < -0.39 is 12.0 Å². The molecule has 0 bridgehead atoms. The van der Waals surface area contributed by atoms with Gasteiger partial charge >= 0.3 is 5.97 Å². The number of aromatic nitrogens is 1. The number of hydrogen-bond donors (Lipinski definition) is 2. The van der Waals surface area contributed by atoms with Gasteiger partial charge in [-0.2, -0.15) is 0 Å². The maximum atomic E-state index is 11.2. The summed E-state index contributed by atoms with van der Waals surface area (Å²) in [4.78, 5) is 15.6. The van der Waals surface area contributed by atoms with Crippen molar-refractivity contribution in [2.75, 3.05) is 19.0 Å². The van der Waals surface area contributed by atoms with E-state index in [0.29, 0.717) is 0 Å². The van der Waals surface area contributed by atoms with E-state index in [1.54, 1.807) is 0 Å². The maximum absolute atomic E-state index is 11.2. The van der Waals surface area contributed by atoms with E-state index in [1.165, 1.54) is 7.11 Å². The molecule has 100 valence electrons. The SMILES string of the molecule is COCC(Nc1cc(C)nc2ccccc12)C(=O)O. The summed E-state index contributed by atoms with van der Waals surface area (Å²) in [5.74, 6) is -0.944. The monoisotopic (exact) mass is 260 g/mol. The summed E-state index contributed by atoms with van der Waals surface area (Å²) >= 11 is 0. The molecule has 2 rings (SSSR count). The number of aliphatic carboxylic acids is 1. The predicted octanol–water partition coefficient (Wildman–Crippen LogP) is 2.05. The molecule has 1 unspecified atom stereocenters. The number of carboxylic acid groups (broad SMARTS) is 1. The molecule has 2 N–H and O–H groups in total. The summed E-state index contributed by atoms with van der Waals surface area (Å²) in [6.07, 6.45) is 0. The zero-order chi connectivity index (χ0) is 13.8. The number of para-hydroxylation sites is 1. The van der Waals surface area contributed by atoms with E-state index in [9.17, 15) is 4.79 Å². The molecular weight excluding hydrogens is 244 g/mol. The van der Waals surface area contributed by atoms with E-state index in [2.05, 4.69) is 10.3 Å². The van der Waals surface area contributed by atoms with Gasteiger partial charge in [0.05, 0.1) is 12.1 Å². The van der Waals surface area contributed by atoms with Crippen LogP contribution in [-0.4, -0.2) is 35.8 Å². The van der Waals surface area contributed by atoms with Gasteiger partial charge in [-0.1, -0.05) is 18.2 Å². The first kappa shape index (κ1) is 13.3. The first-order valence-electron chi connectivity index (χ1n) is 5.96. The highest BCUT2D eigenvalue weighted by Crippen LogP contribution is 2.23. The van der Waals surface area contributed by atoms with E-state index >= 15 is 0 Å². The Morgan fingerprint density at radius 2 is 2.21 bits per heavy atom. The van der Waals surface area contributed by atoms with Gasteiger partial charge in [-0.25, -0.2) is 4.79 Å². The second-order valence-electron chi connectivity index (χ2n) is 4.32. The fourth-order valence-corrected chi connectivity index (χ4v) is 1.96. The van der Waals surface area contributed by atoms with Gasteiger partial charge in [-0.15, -0.1) is 0 Å². The fraction of sp³-hybridized carbons (Fsp3) is 0.286. The third kappa shape index (κ3) is 3.00. The van der Waals surface area contributed by atoms with Crippen LogP contribution in [0.15, 0.2) is 30.3 Å². The van der Waals surface area contributed by atoms with Gasteiger partial charge in [0.2, 0.25) is 0 Å². The van der Waals surface area contributed by atoms with Gasteiger partial charge in [0.25, 0.3) is 0 Å². The Kier molecular flexibility index (Phi) is 3.97. The highest BCUT2D eigenvalue weighted by Gasteiger charge is 2.18. The molecule has 1 aromatic carbocycles. The summed E-state index contributed by atoms with van der Waals surface area (Å²) in [5, 5.41) is 13.0. The number of carboxylic acids is 1. The van der Waals surface area contributed by atoms with Crippen molar-refractivity contribution in [1.29, 1.82) is 0 Å². The molecule has 1 aromatic heterocycles. The van der Waals surface area contributed by atoms with Gasteiger partial charge in [-0.05, 0) is 19.1 Å². The molecule has 0 spiro atoms. The molecule has 0 saturated heterocycles. The Bertz CT molecular complexity index is 598. The van der Waals surface area contributed by atoms with Crippen molar-refractivity contribution in [3.05, 3.63) is 36.0 Å². The summed E-state index contributed by atoms with van der Waals surface area (Å²) in [6, 6.07) is 8.68. The molecule has 5 heteroatoms. The highest BCUT2D eigenvalue weighted by molar-refractivity contribution is 5.93. The molecule has 0 aliphatic carbocycles. The van der Waals surface area contributed by atoms with Crippen molar-refractivity contribution in [2.24, 2.45) is 0 Å². The minimum absolute atomic E-state index is 0.102. The molecule has 0 aliphatic rings. The second kappa shape index (κ2) is 5.67. The van der Waals surface area contributed by atoms with Crippen LogP contribution in [0.5, 0.6) is 0 Å². The van der Waals surface area contributed by atoms with Crippen LogP contribution in [0.1, 0.15) is 5.69 Å². The zero-order valence-electron chi connectivity index (χ0n) is 10.9. The summed E-state index contributed by atoms with van der Waals surface area (Å²) in [7, 11) is 1.48. The van der Waals surface area contributed by atoms with Gasteiger partial charge in [0.15, 0.2) is 0 Å². The Morgan fingerprint density at radius 1 is 1.47 bits per heavy atom. The van der Waals surface area contributed by atoms with Crippen molar-refractivity contribution >= 4 is 22.6 Å². The third-order valence-electron chi connectivity index (χ3n) is 2.81. The highest BCUT2D eigenvalue weighted by atomic mass is 16.5. The van der Waals surface area contributed by atoms with Crippen molar-refractivity contribution in [1.82, 2.24) is 4.98 Å². The lowest BCUT2D eigenvalue weighted by Crippen LogP contribution is -2.33. The van der Waals surface area contributed by atoms with Crippen LogP contribution >= 0.6 is 0 Å². The molecule has 1 atom stereocenters. The standard InChI is InChI=1S/C14H16N2O3/c1-9-7-12(16-13(8-19-2)14(17)18)10-5-3-4-6-11(10)15-9/h3-7,13H,8H2,1-2H3,(H,15,16)(H,17,18). The number of anilines is 1. The van der Waals surface area contributed by atoms with Crippen LogP contribution in [-0.2, 0) is 9.53 Å². The smallest absolute Gasteiger partial charge is 0.328 e. The average Bonchev–Trinajstić information content (AvgIpc) is 2.37. The lowest BCUT2D eigenvalue weighted by atomic mass is 10.1. The number of methoxy groups -OCH3 is 1. The number of hydrogen-bond acceptors (Lipinski definition) is 4. The average molecular weight is 260 g/mol. The number of aryl methyl sites for hydroxylation is 1. The molecule has 1 heterocycles. The first-order valence-corrected chi connectivity index (χ1v) is 5.96. The van der Waals surface area contributed by atoms with Gasteiger partial charge in [-0.3, -0.25) is 4.98 Å². The molecule has 0 radical (unpaired) electrons. The largest absolute Gasteiger partial charge is 0.480 e. The van der Waals surface area contributed by atoms with E-state index in [0.717, 1.165) is 22.3 Å². The first-order chi connectivity index (χ1) is 9.11. The zero-order valence-corrected chi connectivity index (χ0v) is 10.9. The number of pyridine rings is 1. The van der Waals surface area contributed by atoms with Gasteiger partial charge in [0, 0.05) is 23.9 Å². The van der Waals surface area contributed by atoms with Crippen LogP contribution in [0.2, 0.25) is 0 Å². The van der Waals surface area contributed by atoms with Crippen molar-refractivity contribution in [2.45, 2.75) is 13.0 Å². The normalized spacial score (nSPS) is 12.3. The number of nitrogens with one attached hydrogen (secondary N) is 1. The van der Waals surface area contributed by atoms with E-state index in [4.69, 9.17) is 9.84 Å². The number of rotatable bonds is 5. The summed E-state index contributed by atoms with van der Waals surface area (Å²) in [6.45, 7) is 1.98. The number of nitrogens with zero attached hydrogens (tertiary/aromatic N) is 1. The van der Waals surface area contributed by atoms with Crippen LogP contribution in [0.3, 0.4) is 0 Å². The maximum Gasteiger partial charge on any atom is 0.328 e. The van der Waals surface area contributed by atoms with E-state index in [1.807, 2.05) is 37.3 Å². The second-order valence-corrected chi connectivity index (χ2v) is 4.32. The molecular formula is C14H16N2O3. The Morgan fingerprint density at radius 3 is 2.89 bits per heavy atom. The molecule has 5 nitrogen and oxygen atoms in total. The van der Waals surface area contributed by atoms with Crippen LogP contribution in [0.25, 0.3) is 10.9 Å².